The number of nitrogens with one attached hydrogen (secondary N) is 1. The second-order valence-electron chi connectivity index (χ2n) is 5.50. The quantitative estimate of drug-likeness (QED) is 0.891. The highest BCUT2D eigenvalue weighted by molar-refractivity contribution is 7.88. The molecule has 0 aliphatic carbocycles. The highest BCUT2D eigenvalue weighted by Crippen LogP contribution is 2.16. The van der Waals surface area contributed by atoms with Crippen LogP contribution in [0.15, 0.2) is 24.3 Å². The minimum atomic E-state index is -3.29. The summed E-state index contributed by atoms with van der Waals surface area (Å²) in [5.74, 6) is 0.0529. The Morgan fingerprint density at radius 3 is 2.90 bits per heavy atom. The van der Waals surface area contributed by atoms with E-state index in [2.05, 4.69) is 5.32 Å². The Morgan fingerprint density at radius 1 is 1.38 bits per heavy atom. The molecule has 1 unspecified atom stereocenters. The molecule has 1 N–H and O–H groups in total. The van der Waals surface area contributed by atoms with E-state index in [9.17, 15) is 8.42 Å². The molecule has 1 aromatic rings. The topological polar surface area (TPSA) is 58.6 Å². The minimum Gasteiger partial charge on any atom is -0.377 e. The first-order valence-electron chi connectivity index (χ1n) is 7.33. The monoisotopic (exact) mass is 312 g/mol. The molecule has 0 aromatic heterocycles. The van der Waals surface area contributed by atoms with Gasteiger partial charge in [-0.05, 0) is 31.5 Å². The predicted octanol–water partition coefficient (Wildman–Crippen LogP) is 1.35. The van der Waals surface area contributed by atoms with Crippen molar-refractivity contribution in [2.75, 3.05) is 26.7 Å². The fraction of sp³-hybridized carbons (Fsp3) is 0.600. The first-order valence-corrected chi connectivity index (χ1v) is 8.94. The third-order valence-electron chi connectivity index (χ3n) is 3.53. The van der Waals surface area contributed by atoms with Gasteiger partial charge in [0.25, 0.3) is 0 Å². The van der Waals surface area contributed by atoms with Gasteiger partial charge in [-0.15, -0.1) is 0 Å². The Balaban J connectivity index is 2.10. The number of rotatable bonds is 5. The maximum atomic E-state index is 12.6. The molecule has 0 amide bonds. The molecule has 0 saturated carbocycles. The lowest BCUT2D eigenvalue weighted by Gasteiger charge is -2.21. The summed E-state index contributed by atoms with van der Waals surface area (Å²) in [6, 6.07) is 7.72. The van der Waals surface area contributed by atoms with Gasteiger partial charge in [-0.2, -0.15) is 4.31 Å². The van der Waals surface area contributed by atoms with E-state index in [4.69, 9.17) is 4.74 Å². The van der Waals surface area contributed by atoms with Crippen LogP contribution in [0.2, 0.25) is 0 Å². The second-order valence-corrected chi connectivity index (χ2v) is 7.47. The molecule has 1 atom stereocenters. The fourth-order valence-electron chi connectivity index (χ4n) is 2.54. The van der Waals surface area contributed by atoms with Crippen LogP contribution in [0.25, 0.3) is 0 Å². The highest BCUT2D eigenvalue weighted by atomic mass is 32.2. The predicted molar refractivity (Wildman–Crippen MR) is 83.4 cm³/mol. The first-order chi connectivity index (χ1) is 10.0. The van der Waals surface area contributed by atoms with Crippen molar-refractivity contribution in [1.82, 2.24) is 9.62 Å². The molecule has 1 heterocycles. The van der Waals surface area contributed by atoms with Gasteiger partial charge in [0.05, 0.1) is 11.9 Å². The third-order valence-corrected chi connectivity index (χ3v) is 5.35. The lowest BCUT2D eigenvalue weighted by atomic mass is 10.1. The van der Waals surface area contributed by atoms with Gasteiger partial charge in [0.2, 0.25) is 10.0 Å². The van der Waals surface area contributed by atoms with Gasteiger partial charge < -0.3 is 10.1 Å². The summed E-state index contributed by atoms with van der Waals surface area (Å²) in [7, 11) is -1.41. The number of hydrogen-bond donors (Lipinski definition) is 1. The van der Waals surface area contributed by atoms with Crippen LogP contribution in [0.4, 0.5) is 0 Å². The average molecular weight is 312 g/mol. The Labute approximate surface area is 127 Å². The lowest BCUT2D eigenvalue weighted by molar-refractivity contribution is 0.0752. The third kappa shape index (κ3) is 4.78. The van der Waals surface area contributed by atoms with E-state index in [-0.39, 0.29) is 11.9 Å². The molecule has 1 aromatic carbocycles. The van der Waals surface area contributed by atoms with Crippen molar-refractivity contribution in [3.8, 4) is 0 Å². The van der Waals surface area contributed by atoms with Crippen molar-refractivity contribution < 1.29 is 13.2 Å². The Morgan fingerprint density at radius 2 is 2.14 bits per heavy atom. The van der Waals surface area contributed by atoms with Gasteiger partial charge >= 0.3 is 0 Å². The van der Waals surface area contributed by atoms with Crippen molar-refractivity contribution in [2.45, 2.75) is 31.7 Å². The molecule has 0 bridgehead atoms. The summed E-state index contributed by atoms with van der Waals surface area (Å²) in [5.41, 5.74) is 1.93. The molecule has 21 heavy (non-hydrogen) atoms. The van der Waals surface area contributed by atoms with Crippen LogP contribution in [0, 0.1) is 0 Å². The lowest BCUT2D eigenvalue weighted by Crippen LogP contribution is -2.36. The maximum Gasteiger partial charge on any atom is 0.218 e. The standard InChI is InChI=1S/C15H24N2O3S/c1-13-11-17(7-4-8-20-13)21(18,19)12-15-6-3-5-14(9-15)10-16-2/h3,5-6,9,13,16H,4,7-8,10-12H2,1-2H3. The SMILES string of the molecule is CNCc1cccc(CS(=O)(=O)N2CCCOC(C)C2)c1. The van der Waals surface area contributed by atoms with Crippen molar-refractivity contribution in [3.63, 3.8) is 0 Å². The van der Waals surface area contributed by atoms with Gasteiger partial charge in [0.15, 0.2) is 0 Å². The van der Waals surface area contributed by atoms with E-state index in [1.807, 2.05) is 38.2 Å². The van der Waals surface area contributed by atoms with Crippen LogP contribution in [-0.2, 0) is 27.1 Å². The van der Waals surface area contributed by atoms with Gasteiger partial charge in [0, 0.05) is 26.2 Å². The van der Waals surface area contributed by atoms with Crippen LogP contribution in [0.3, 0.4) is 0 Å². The minimum absolute atomic E-state index is 0.0436. The van der Waals surface area contributed by atoms with Crippen molar-refractivity contribution in [3.05, 3.63) is 35.4 Å². The van der Waals surface area contributed by atoms with Crippen molar-refractivity contribution in [2.24, 2.45) is 0 Å². The smallest absolute Gasteiger partial charge is 0.218 e. The van der Waals surface area contributed by atoms with Crippen LogP contribution < -0.4 is 5.32 Å². The fourth-order valence-corrected chi connectivity index (χ4v) is 4.17. The molecule has 1 aliphatic heterocycles. The first kappa shape index (κ1) is 16.4. The van der Waals surface area contributed by atoms with Crippen LogP contribution >= 0.6 is 0 Å². The molecule has 118 valence electrons. The Kier molecular flexibility index (Phi) is 5.75. The number of benzene rings is 1. The molecule has 0 spiro atoms. The van der Waals surface area contributed by atoms with Crippen molar-refractivity contribution >= 4 is 10.0 Å². The summed E-state index contributed by atoms with van der Waals surface area (Å²) in [5, 5.41) is 3.08. The van der Waals surface area contributed by atoms with Crippen molar-refractivity contribution in [1.29, 1.82) is 0 Å². The molecule has 6 heteroatoms. The molecule has 0 radical (unpaired) electrons. The highest BCUT2D eigenvalue weighted by Gasteiger charge is 2.26. The molecular formula is C15H24N2O3S. The van der Waals surface area contributed by atoms with Crippen LogP contribution in [0.5, 0.6) is 0 Å². The zero-order chi connectivity index (χ0) is 15.3. The van der Waals surface area contributed by atoms with Crippen LogP contribution in [0.1, 0.15) is 24.5 Å². The summed E-state index contributed by atoms with van der Waals surface area (Å²) in [6.07, 6.45) is 0.710. The van der Waals surface area contributed by atoms with Crippen LogP contribution in [-0.4, -0.2) is 45.6 Å². The molecule has 5 nitrogen and oxygen atoms in total. The molecule has 1 aliphatic rings. The van der Waals surface area contributed by atoms with Gasteiger partial charge in [-0.3, -0.25) is 0 Å². The summed E-state index contributed by atoms with van der Waals surface area (Å²) < 4.78 is 32.2. The zero-order valence-corrected chi connectivity index (χ0v) is 13.5. The molecule has 1 saturated heterocycles. The van der Waals surface area contributed by atoms with Gasteiger partial charge in [0.1, 0.15) is 0 Å². The normalized spacial score (nSPS) is 21.1. The number of ether oxygens (including phenoxy) is 1. The Hall–Kier alpha value is -0.950. The van der Waals surface area contributed by atoms with E-state index >= 15 is 0 Å². The molecule has 1 fully saturated rings. The summed E-state index contributed by atoms with van der Waals surface area (Å²) >= 11 is 0. The largest absolute Gasteiger partial charge is 0.377 e. The molecule has 2 rings (SSSR count). The van der Waals surface area contributed by atoms with E-state index in [0.717, 1.165) is 24.1 Å². The average Bonchev–Trinajstić information content (AvgIpc) is 2.64. The van der Waals surface area contributed by atoms with E-state index in [1.165, 1.54) is 0 Å². The van der Waals surface area contributed by atoms with E-state index < -0.39 is 10.0 Å². The zero-order valence-electron chi connectivity index (χ0n) is 12.7. The second kappa shape index (κ2) is 7.35. The number of nitrogens with zero attached hydrogens (tertiary/aromatic N) is 1. The summed E-state index contributed by atoms with van der Waals surface area (Å²) in [4.78, 5) is 0. The maximum absolute atomic E-state index is 12.6. The number of sulfonamides is 1. The number of hydrogen-bond acceptors (Lipinski definition) is 4. The van der Waals surface area contributed by atoms with Gasteiger partial charge in [-0.1, -0.05) is 24.3 Å². The summed E-state index contributed by atoms with van der Waals surface area (Å²) in [6.45, 7) is 4.27. The Bertz CT molecular complexity index is 560. The van der Waals surface area contributed by atoms with E-state index in [1.54, 1.807) is 4.31 Å². The molecular weight excluding hydrogens is 288 g/mol. The van der Waals surface area contributed by atoms with E-state index in [0.29, 0.717) is 19.7 Å². The van der Waals surface area contributed by atoms with Gasteiger partial charge in [-0.25, -0.2) is 8.42 Å².